The largest absolute Gasteiger partial charge is 0.395 e. The highest BCUT2D eigenvalue weighted by atomic mass is 35.5. The molecule has 0 spiro atoms. The molecule has 1 aromatic rings. The molecule has 0 amide bonds. The number of halogens is 1. The summed E-state index contributed by atoms with van der Waals surface area (Å²) in [6, 6.07) is 7.69. The maximum atomic E-state index is 12.1. The van der Waals surface area contributed by atoms with Crippen molar-refractivity contribution in [2.24, 2.45) is 5.41 Å². The highest BCUT2D eigenvalue weighted by molar-refractivity contribution is 7.92. The second kappa shape index (κ2) is 3.98. The Labute approximate surface area is 104 Å². The van der Waals surface area contributed by atoms with E-state index in [1.54, 1.807) is 0 Å². The van der Waals surface area contributed by atoms with Crippen molar-refractivity contribution < 1.29 is 13.5 Å². The van der Waals surface area contributed by atoms with Crippen LogP contribution in [0.4, 0.5) is 0 Å². The second-order valence-corrected chi connectivity index (χ2v) is 6.68. The van der Waals surface area contributed by atoms with Crippen molar-refractivity contribution in [1.82, 2.24) is 0 Å². The Morgan fingerprint density at radius 3 is 2.47 bits per heavy atom. The topological polar surface area (TPSA) is 78.2 Å². The van der Waals surface area contributed by atoms with E-state index in [9.17, 15) is 8.42 Å². The number of sulfone groups is 1. The Bertz CT molecular complexity index is 576. The number of hydrogen-bond donors (Lipinski definition) is 1. The molecule has 0 radical (unpaired) electrons. The number of nitrogens with zero attached hydrogens (tertiary/aromatic N) is 1. The Balaban J connectivity index is 2.35. The van der Waals surface area contributed by atoms with Crippen LogP contribution in [-0.4, -0.2) is 25.4 Å². The lowest BCUT2D eigenvalue weighted by atomic mass is 10.2. The third-order valence-electron chi connectivity index (χ3n) is 3.03. The molecule has 0 heterocycles. The monoisotopic (exact) mass is 271 g/mol. The minimum Gasteiger partial charge on any atom is -0.395 e. The number of nitriles is 1. The van der Waals surface area contributed by atoms with Crippen molar-refractivity contribution in [1.29, 1.82) is 5.26 Å². The first-order valence-electron chi connectivity index (χ1n) is 4.98. The molecule has 2 atom stereocenters. The quantitative estimate of drug-likeness (QED) is 0.901. The van der Waals surface area contributed by atoms with Crippen LogP contribution in [0.25, 0.3) is 0 Å². The molecule has 0 unspecified atom stereocenters. The third kappa shape index (κ3) is 1.93. The van der Waals surface area contributed by atoms with Gasteiger partial charge in [-0.15, -0.1) is 0 Å². The van der Waals surface area contributed by atoms with Crippen molar-refractivity contribution in [3.05, 3.63) is 29.3 Å². The molecule has 2 rings (SSSR count). The van der Waals surface area contributed by atoms with Gasteiger partial charge < -0.3 is 5.11 Å². The molecule has 1 fully saturated rings. The summed E-state index contributed by atoms with van der Waals surface area (Å²) < 4.78 is 24.3. The van der Waals surface area contributed by atoms with E-state index in [1.807, 2.05) is 6.07 Å². The molecule has 0 aromatic heterocycles. The van der Waals surface area contributed by atoms with E-state index in [0.29, 0.717) is 5.02 Å². The van der Waals surface area contributed by atoms with Crippen LogP contribution in [0, 0.1) is 16.7 Å². The van der Waals surface area contributed by atoms with E-state index in [-0.39, 0.29) is 11.3 Å². The summed E-state index contributed by atoms with van der Waals surface area (Å²) >= 11 is 5.68. The number of hydrogen-bond acceptors (Lipinski definition) is 4. The SMILES string of the molecule is N#C[C@@]1(CO)C[C@H]1S(=O)(=O)c1ccc(Cl)cc1. The van der Waals surface area contributed by atoms with Crippen molar-refractivity contribution >= 4 is 21.4 Å². The number of aliphatic hydroxyl groups is 1. The Kier molecular flexibility index (Phi) is 2.90. The van der Waals surface area contributed by atoms with Crippen molar-refractivity contribution in [2.75, 3.05) is 6.61 Å². The first-order chi connectivity index (χ1) is 7.96. The summed E-state index contributed by atoms with van der Waals surface area (Å²) in [5.74, 6) is 0. The lowest BCUT2D eigenvalue weighted by molar-refractivity contribution is 0.246. The zero-order chi connectivity index (χ0) is 12.7. The average Bonchev–Trinajstić information content (AvgIpc) is 3.06. The van der Waals surface area contributed by atoms with Crippen LogP contribution in [0.15, 0.2) is 29.2 Å². The van der Waals surface area contributed by atoms with Crippen LogP contribution in [0.1, 0.15) is 6.42 Å². The van der Waals surface area contributed by atoms with Gasteiger partial charge in [0.05, 0.1) is 28.2 Å². The summed E-state index contributed by atoms with van der Waals surface area (Å²) in [5.41, 5.74) is -1.13. The number of benzene rings is 1. The van der Waals surface area contributed by atoms with Crippen LogP contribution >= 0.6 is 11.6 Å². The van der Waals surface area contributed by atoms with Crippen LogP contribution in [-0.2, 0) is 9.84 Å². The Morgan fingerprint density at radius 1 is 1.47 bits per heavy atom. The van der Waals surface area contributed by atoms with E-state index >= 15 is 0 Å². The van der Waals surface area contributed by atoms with Crippen molar-refractivity contribution in [3.63, 3.8) is 0 Å². The Hall–Kier alpha value is -1.09. The van der Waals surface area contributed by atoms with Gasteiger partial charge in [0.2, 0.25) is 0 Å². The standard InChI is InChI=1S/C11H10ClNO3S/c12-8-1-3-9(4-2-8)17(15,16)10-5-11(10,6-13)7-14/h1-4,10,14H,5,7H2/t10-,11-/m1/s1. The lowest BCUT2D eigenvalue weighted by Crippen LogP contribution is -2.18. The average molecular weight is 272 g/mol. The maximum absolute atomic E-state index is 12.1. The molecule has 1 N–H and O–H groups in total. The summed E-state index contributed by atoms with van der Waals surface area (Å²) in [6.07, 6.45) is 0.185. The van der Waals surface area contributed by atoms with Crippen LogP contribution in [0.3, 0.4) is 0 Å². The van der Waals surface area contributed by atoms with Crippen LogP contribution < -0.4 is 0 Å². The predicted molar refractivity (Wildman–Crippen MR) is 62.2 cm³/mol. The molecule has 0 aliphatic heterocycles. The Morgan fingerprint density at radius 2 is 2.06 bits per heavy atom. The molecule has 1 aliphatic rings. The molecule has 1 saturated carbocycles. The fourth-order valence-corrected chi connectivity index (χ4v) is 3.99. The van der Waals surface area contributed by atoms with Gasteiger partial charge in [0.1, 0.15) is 0 Å². The maximum Gasteiger partial charge on any atom is 0.182 e. The normalized spacial score (nSPS) is 27.5. The third-order valence-corrected chi connectivity index (χ3v) is 5.58. The molecule has 1 aliphatic carbocycles. The van der Waals surface area contributed by atoms with E-state index in [2.05, 4.69) is 0 Å². The molecule has 4 nitrogen and oxygen atoms in total. The lowest BCUT2D eigenvalue weighted by Gasteiger charge is -2.06. The summed E-state index contributed by atoms with van der Waals surface area (Å²) in [5, 5.41) is 17.6. The first-order valence-corrected chi connectivity index (χ1v) is 6.90. The molecule has 1 aromatic carbocycles. The highest BCUT2D eigenvalue weighted by Crippen LogP contribution is 2.51. The highest BCUT2D eigenvalue weighted by Gasteiger charge is 2.62. The van der Waals surface area contributed by atoms with Gasteiger partial charge in [-0.3, -0.25) is 0 Å². The fourth-order valence-electron chi connectivity index (χ4n) is 1.79. The number of rotatable bonds is 3. The van der Waals surface area contributed by atoms with Gasteiger partial charge in [0.15, 0.2) is 9.84 Å². The smallest absolute Gasteiger partial charge is 0.182 e. The molecule has 17 heavy (non-hydrogen) atoms. The molecule has 90 valence electrons. The first kappa shape index (κ1) is 12.4. The zero-order valence-corrected chi connectivity index (χ0v) is 10.4. The molecular formula is C11H10ClNO3S. The van der Waals surface area contributed by atoms with Crippen LogP contribution in [0.5, 0.6) is 0 Å². The molecule has 0 bridgehead atoms. The summed E-state index contributed by atoms with van der Waals surface area (Å²) in [6.45, 7) is -0.430. The van der Waals surface area contributed by atoms with E-state index in [4.69, 9.17) is 22.0 Å². The van der Waals surface area contributed by atoms with Gasteiger partial charge in [-0.05, 0) is 30.7 Å². The van der Waals surface area contributed by atoms with Crippen molar-refractivity contribution in [2.45, 2.75) is 16.6 Å². The van der Waals surface area contributed by atoms with Gasteiger partial charge in [0, 0.05) is 5.02 Å². The van der Waals surface area contributed by atoms with Gasteiger partial charge in [0.25, 0.3) is 0 Å². The minimum atomic E-state index is -3.56. The predicted octanol–water partition coefficient (Wildman–Crippen LogP) is 1.39. The van der Waals surface area contributed by atoms with Crippen molar-refractivity contribution in [3.8, 4) is 6.07 Å². The van der Waals surface area contributed by atoms with E-state index in [0.717, 1.165) is 0 Å². The minimum absolute atomic E-state index is 0.137. The van der Waals surface area contributed by atoms with E-state index in [1.165, 1.54) is 24.3 Å². The zero-order valence-electron chi connectivity index (χ0n) is 8.80. The van der Waals surface area contributed by atoms with Crippen LogP contribution in [0.2, 0.25) is 5.02 Å². The molecule has 6 heteroatoms. The number of aliphatic hydroxyl groups excluding tert-OH is 1. The summed E-state index contributed by atoms with van der Waals surface area (Å²) in [7, 11) is -3.56. The molecular weight excluding hydrogens is 262 g/mol. The fraction of sp³-hybridized carbons (Fsp3) is 0.364. The second-order valence-electron chi connectivity index (χ2n) is 4.12. The van der Waals surface area contributed by atoms with Gasteiger partial charge in [-0.25, -0.2) is 8.42 Å². The van der Waals surface area contributed by atoms with Gasteiger partial charge in [-0.2, -0.15) is 5.26 Å². The molecule has 0 saturated heterocycles. The van der Waals surface area contributed by atoms with Gasteiger partial charge in [-0.1, -0.05) is 11.6 Å². The van der Waals surface area contributed by atoms with Gasteiger partial charge >= 0.3 is 0 Å². The van der Waals surface area contributed by atoms with E-state index < -0.39 is 27.1 Å². The summed E-state index contributed by atoms with van der Waals surface area (Å²) in [4.78, 5) is 0.137.